The van der Waals surface area contributed by atoms with Gasteiger partial charge in [0.2, 0.25) is 5.91 Å². The molecule has 1 aliphatic rings. The summed E-state index contributed by atoms with van der Waals surface area (Å²) in [5.41, 5.74) is 0. The maximum absolute atomic E-state index is 12.0. The fourth-order valence-corrected chi connectivity index (χ4v) is 2.38. The number of aromatic nitrogens is 3. The minimum Gasteiger partial charge on any atom is -0.481 e. The second-order valence-corrected chi connectivity index (χ2v) is 5.25. The minimum atomic E-state index is -0.761. The van der Waals surface area contributed by atoms with Crippen LogP contribution < -0.4 is 5.32 Å². The Morgan fingerprint density at radius 2 is 2.14 bits per heavy atom. The van der Waals surface area contributed by atoms with E-state index in [-0.39, 0.29) is 18.4 Å². The van der Waals surface area contributed by atoms with Gasteiger partial charge in [0.1, 0.15) is 6.33 Å². The lowest BCUT2D eigenvalue weighted by Crippen LogP contribution is -2.44. The first kappa shape index (κ1) is 15.4. The van der Waals surface area contributed by atoms with Crippen LogP contribution in [0.25, 0.3) is 0 Å². The second-order valence-electron chi connectivity index (χ2n) is 5.25. The maximum Gasteiger partial charge on any atom is 0.306 e. The summed E-state index contributed by atoms with van der Waals surface area (Å²) in [7, 11) is 1.81. The van der Waals surface area contributed by atoms with Crippen molar-refractivity contribution < 1.29 is 14.7 Å². The van der Waals surface area contributed by atoms with Gasteiger partial charge >= 0.3 is 5.97 Å². The lowest BCUT2D eigenvalue weighted by Gasteiger charge is -2.30. The molecule has 0 saturated carbocycles. The molecule has 2 heterocycles. The molecule has 0 spiro atoms. The van der Waals surface area contributed by atoms with E-state index in [0.29, 0.717) is 38.9 Å². The van der Waals surface area contributed by atoms with Crippen LogP contribution in [0.15, 0.2) is 6.33 Å². The first-order valence-corrected chi connectivity index (χ1v) is 7.12. The molecule has 2 N–H and O–H groups in total. The highest BCUT2D eigenvalue weighted by molar-refractivity contribution is 5.78. The lowest BCUT2D eigenvalue weighted by molar-refractivity contribution is -0.145. The van der Waals surface area contributed by atoms with Crippen molar-refractivity contribution in [2.24, 2.45) is 13.0 Å². The van der Waals surface area contributed by atoms with Gasteiger partial charge in [-0.1, -0.05) is 0 Å². The van der Waals surface area contributed by atoms with Crippen LogP contribution >= 0.6 is 0 Å². The van der Waals surface area contributed by atoms with Crippen LogP contribution in [0.5, 0.6) is 0 Å². The lowest BCUT2D eigenvalue weighted by atomic mass is 9.97. The number of carboxylic acid groups (broad SMARTS) is 1. The van der Waals surface area contributed by atoms with Gasteiger partial charge in [0.05, 0.1) is 12.5 Å². The summed E-state index contributed by atoms with van der Waals surface area (Å²) < 4.78 is 1.65. The normalized spacial score (nSPS) is 16.1. The van der Waals surface area contributed by atoms with E-state index in [2.05, 4.69) is 15.4 Å². The maximum atomic E-state index is 12.0. The van der Waals surface area contributed by atoms with E-state index in [1.165, 1.54) is 0 Å². The van der Waals surface area contributed by atoms with Crippen LogP contribution in [0.1, 0.15) is 18.7 Å². The summed E-state index contributed by atoms with van der Waals surface area (Å²) in [6.45, 7) is 1.96. The predicted octanol–water partition coefficient (Wildman–Crippen LogP) is -0.730. The Morgan fingerprint density at radius 3 is 2.71 bits per heavy atom. The molecule has 1 aromatic rings. The Bertz CT molecular complexity index is 494. The number of aliphatic carboxylic acids is 1. The topological polar surface area (TPSA) is 100 Å². The number of rotatable bonds is 6. The highest BCUT2D eigenvalue weighted by atomic mass is 16.4. The molecule has 1 fully saturated rings. The number of likely N-dealkylation sites (tertiary alicyclic amines) is 1. The van der Waals surface area contributed by atoms with Crippen LogP contribution in [-0.4, -0.2) is 62.8 Å². The van der Waals surface area contributed by atoms with Crippen molar-refractivity contribution in [1.82, 2.24) is 25.0 Å². The zero-order valence-corrected chi connectivity index (χ0v) is 12.2. The Hall–Kier alpha value is -1.96. The summed E-state index contributed by atoms with van der Waals surface area (Å²) in [4.78, 5) is 28.7. The minimum absolute atomic E-state index is 0.0211. The van der Waals surface area contributed by atoms with Crippen molar-refractivity contribution in [2.45, 2.75) is 19.3 Å². The average Bonchev–Trinajstić information content (AvgIpc) is 2.89. The van der Waals surface area contributed by atoms with Crippen molar-refractivity contribution in [2.75, 3.05) is 26.2 Å². The van der Waals surface area contributed by atoms with E-state index >= 15 is 0 Å². The van der Waals surface area contributed by atoms with E-state index < -0.39 is 5.97 Å². The van der Waals surface area contributed by atoms with Gasteiger partial charge in [-0.3, -0.25) is 14.3 Å². The number of amides is 1. The van der Waals surface area contributed by atoms with Gasteiger partial charge in [-0.05, 0) is 12.8 Å². The molecule has 1 aromatic heterocycles. The number of hydrogen-bond donors (Lipinski definition) is 2. The molecule has 116 valence electrons. The molecule has 0 aliphatic carbocycles. The Morgan fingerprint density at radius 1 is 1.43 bits per heavy atom. The highest BCUT2D eigenvalue weighted by Crippen LogP contribution is 2.16. The highest BCUT2D eigenvalue weighted by Gasteiger charge is 2.26. The number of carbonyl (C=O) groups is 2. The zero-order valence-electron chi connectivity index (χ0n) is 12.2. The first-order chi connectivity index (χ1) is 10.1. The molecular formula is C13H21N5O3. The van der Waals surface area contributed by atoms with E-state index in [4.69, 9.17) is 5.11 Å². The molecule has 0 aromatic carbocycles. The van der Waals surface area contributed by atoms with Crippen molar-refractivity contribution in [3.05, 3.63) is 12.2 Å². The number of aryl methyl sites for hydroxylation is 1. The largest absolute Gasteiger partial charge is 0.481 e. The van der Waals surface area contributed by atoms with Gasteiger partial charge in [0.15, 0.2) is 5.82 Å². The van der Waals surface area contributed by atoms with Crippen LogP contribution in [-0.2, 0) is 23.1 Å². The molecule has 8 heteroatoms. The van der Waals surface area contributed by atoms with Crippen molar-refractivity contribution in [3.8, 4) is 0 Å². The number of nitrogens with zero attached hydrogens (tertiary/aromatic N) is 4. The number of carboxylic acids is 1. The summed E-state index contributed by atoms with van der Waals surface area (Å²) in [5.74, 6) is -0.298. The van der Waals surface area contributed by atoms with Gasteiger partial charge in [-0.2, -0.15) is 5.10 Å². The Kier molecular flexibility index (Phi) is 5.26. The predicted molar refractivity (Wildman–Crippen MR) is 74.5 cm³/mol. The van der Waals surface area contributed by atoms with Crippen molar-refractivity contribution in [1.29, 1.82) is 0 Å². The zero-order chi connectivity index (χ0) is 15.2. The van der Waals surface area contributed by atoms with E-state index in [0.717, 1.165) is 5.82 Å². The third-order valence-corrected chi connectivity index (χ3v) is 3.65. The fourth-order valence-electron chi connectivity index (χ4n) is 2.38. The average molecular weight is 295 g/mol. The molecule has 1 saturated heterocycles. The van der Waals surface area contributed by atoms with Gasteiger partial charge < -0.3 is 15.3 Å². The van der Waals surface area contributed by atoms with Gasteiger partial charge in [0, 0.05) is 33.1 Å². The SMILES string of the molecule is Cn1cnc(CCNCC(=O)N2CCC(C(=O)O)CC2)n1. The number of hydrogen-bond acceptors (Lipinski definition) is 5. The second kappa shape index (κ2) is 7.16. The summed E-state index contributed by atoms with van der Waals surface area (Å²) >= 11 is 0. The van der Waals surface area contributed by atoms with E-state index in [1.54, 1.807) is 15.9 Å². The number of carbonyl (C=O) groups excluding carboxylic acids is 1. The smallest absolute Gasteiger partial charge is 0.306 e. The molecule has 0 atom stereocenters. The fraction of sp³-hybridized carbons (Fsp3) is 0.692. The van der Waals surface area contributed by atoms with Crippen LogP contribution in [0.2, 0.25) is 0 Å². The first-order valence-electron chi connectivity index (χ1n) is 7.12. The van der Waals surface area contributed by atoms with Gasteiger partial charge in [-0.25, -0.2) is 4.98 Å². The summed E-state index contributed by atoms with van der Waals surface area (Å²) in [5, 5.41) is 16.2. The van der Waals surface area contributed by atoms with E-state index in [1.807, 2.05) is 7.05 Å². The molecule has 8 nitrogen and oxygen atoms in total. The standard InChI is InChI=1S/C13H21N5O3/c1-17-9-15-11(16-17)2-5-14-8-12(19)18-6-3-10(4-7-18)13(20)21/h9-10,14H,2-8H2,1H3,(H,20,21). The number of nitrogens with one attached hydrogen (secondary N) is 1. The molecule has 0 radical (unpaired) electrons. The van der Waals surface area contributed by atoms with Crippen LogP contribution in [0.4, 0.5) is 0 Å². The Labute approximate surface area is 123 Å². The van der Waals surface area contributed by atoms with E-state index in [9.17, 15) is 9.59 Å². The molecule has 1 aliphatic heterocycles. The third kappa shape index (κ3) is 4.52. The molecule has 2 rings (SSSR count). The quantitative estimate of drug-likeness (QED) is 0.671. The molecular weight excluding hydrogens is 274 g/mol. The Balaban J connectivity index is 1.63. The van der Waals surface area contributed by atoms with Gasteiger partial charge in [0.25, 0.3) is 0 Å². The van der Waals surface area contributed by atoms with Crippen LogP contribution in [0.3, 0.4) is 0 Å². The summed E-state index contributed by atoms with van der Waals surface area (Å²) in [6.07, 6.45) is 3.40. The monoisotopic (exact) mass is 295 g/mol. The van der Waals surface area contributed by atoms with Gasteiger partial charge in [-0.15, -0.1) is 0 Å². The molecule has 21 heavy (non-hydrogen) atoms. The molecule has 0 bridgehead atoms. The molecule has 1 amide bonds. The number of piperidine rings is 1. The molecule has 0 unspecified atom stereocenters. The third-order valence-electron chi connectivity index (χ3n) is 3.65. The summed E-state index contributed by atoms with van der Waals surface area (Å²) in [6, 6.07) is 0. The van der Waals surface area contributed by atoms with Crippen molar-refractivity contribution >= 4 is 11.9 Å². The van der Waals surface area contributed by atoms with Crippen molar-refractivity contribution in [3.63, 3.8) is 0 Å². The van der Waals surface area contributed by atoms with Crippen LogP contribution in [0, 0.1) is 5.92 Å².